The number of hydrogen-bond acceptors (Lipinski definition) is 6. The number of carbonyl (C=O) groups is 1. The highest BCUT2D eigenvalue weighted by Crippen LogP contribution is 2.28. The molecular weight excluding hydrogens is 496 g/mol. The fourth-order valence-electron chi connectivity index (χ4n) is 5.89. The second-order valence-electron chi connectivity index (χ2n) is 10.8. The van der Waals surface area contributed by atoms with Crippen LogP contribution in [-0.2, 0) is 0 Å². The van der Waals surface area contributed by atoms with Gasteiger partial charge in [0.05, 0.1) is 22.9 Å². The summed E-state index contributed by atoms with van der Waals surface area (Å²) in [5, 5.41) is 22.5. The van der Waals surface area contributed by atoms with Gasteiger partial charge in [0, 0.05) is 62.2 Å². The fraction of sp³-hybridized carbons (Fsp3) is 0.364. The number of piperazine rings is 1. The van der Waals surface area contributed by atoms with E-state index in [0.29, 0.717) is 43.3 Å². The van der Waals surface area contributed by atoms with Gasteiger partial charge < -0.3 is 20.0 Å². The molecule has 2 aliphatic rings. The van der Waals surface area contributed by atoms with E-state index in [9.17, 15) is 15.3 Å². The van der Waals surface area contributed by atoms with Crippen molar-refractivity contribution < 1.29 is 4.79 Å². The molecule has 2 saturated heterocycles. The number of aryl methyl sites for hydroxylation is 2. The Balaban J connectivity index is 1.24. The first-order chi connectivity index (χ1) is 19.5. The predicted octanol–water partition coefficient (Wildman–Crippen LogP) is 5.48. The minimum atomic E-state index is 0.0678. The Morgan fingerprint density at radius 3 is 2.40 bits per heavy atom. The molecule has 0 aliphatic carbocycles. The monoisotopic (exact) mass is 532 g/mol. The largest absolute Gasteiger partial charge is 0.382 e. The number of nitriles is 2. The highest BCUT2D eigenvalue weighted by Gasteiger charge is 2.26. The van der Waals surface area contributed by atoms with Crippen molar-refractivity contribution in [2.24, 2.45) is 0 Å². The number of carbonyl (C=O) groups excluding carboxylic acids is 1. The Morgan fingerprint density at radius 2 is 1.62 bits per heavy atom. The molecule has 2 aliphatic heterocycles. The van der Waals surface area contributed by atoms with Gasteiger partial charge in [-0.25, -0.2) is 0 Å². The lowest BCUT2D eigenvalue weighted by molar-refractivity contribution is 0.0746. The van der Waals surface area contributed by atoms with Crippen LogP contribution in [0.1, 0.15) is 51.9 Å². The van der Waals surface area contributed by atoms with Crippen LogP contribution in [0.15, 0.2) is 60.7 Å². The molecule has 1 atom stereocenters. The Bertz CT molecular complexity index is 1460. The third kappa shape index (κ3) is 5.90. The molecule has 7 heteroatoms. The van der Waals surface area contributed by atoms with Gasteiger partial charge in [-0.2, -0.15) is 10.5 Å². The maximum Gasteiger partial charge on any atom is 0.254 e. The standard InChI is InChI=1S/C33H36N6O/c1-24-19-25(2)31(36-28-9-6-13-37(14-12-28)29-10-5-7-26(20-29)22-34)21-30(24)33(40)39-17-15-38(16-18-39)32-11-4-3-8-27(32)23-35/h3-5,7-8,10-11,19-21,28,36H,6,9,12-18H2,1-2H3. The maximum atomic E-state index is 13.6. The number of para-hydroxylation sites is 1. The molecule has 40 heavy (non-hydrogen) atoms. The van der Waals surface area contributed by atoms with Gasteiger partial charge in [-0.1, -0.05) is 24.3 Å². The average Bonchev–Trinajstić information content (AvgIpc) is 3.24. The molecular formula is C33H36N6O. The first kappa shape index (κ1) is 27.1. The number of amides is 1. The fourth-order valence-corrected chi connectivity index (χ4v) is 5.89. The number of anilines is 3. The summed E-state index contributed by atoms with van der Waals surface area (Å²) in [6, 6.07) is 24.5. The smallest absolute Gasteiger partial charge is 0.254 e. The van der Waals surface area contributed by atoms with Gasteiger partial charge >= 0.3 is 0 Å². The van der Waals surface area contributed by atoms with E-state index in [1.807, 2.05) is 60.4 Å². The third-order valence-electron chi connectivity index (χ3n) is 8.16. The van der Waals surface area contributed by atoms with E-state index in [-0.39, 0.29) is 5.91 Å². The van der Waals surface area contributed by atoms with Gasteiger partial charge in [-0.05, 0) is 80.6 Å². The van der Waals surface area contributed by atoms with E-state index in [0.717, 1.165) is 66.1 Å². The zero-order valence-corrected chi connectivity index (χ0v) is 23.4. The summed E-state index contributed by atoms with van der Waals surface area (Å²) in [7, 11) is 0. The molecule has 1 amide bonds. The molecule has 3 aromatic carbocycles. The van der Waals surface area contributed by atoms with Crippen molar-refractivity contribution in [3.8, 4) is 12.1 Å². The van der Waals surface area contributed by atoms with Crippen LogP contribution in [0.2, 0.25) is 0 Å². The average molecular weight is 533 g/mol. The Kier molecular flexibility index (Phi) is 8.22. The maximum absolute atomic E-state index is 13.6. The summed E-state index contributed by atoms with van der Waals surface area (Å²) in [5.41, 5.74) is 7.33. The lowest BCUT2D eigenvalue weighted by Crippen LogP contribution is -2.49. The molecule has 7 nitrogen and oxygen atoms in total. The van der Waals surface area contributed by atoms with Gasteiger partial charge in [0.1, 0.15) is 6.07 Å². The Labute approximate surface area is 237 Å². The molecule has 0 saturated carbocycles. The van der Waals surface area contributed by atoms with E-state index >= 15 is 0 Å². The second-order valence-corrected chi connectivity index (χ2v) is 10.8. The molecule has 3 aromatic rings. The molecule has 1 unspecified atom stereocenters. The van der Waals surface area contributed by atoms with Crippen molar-refractivity contribution in [3.05, 3.63) is 88.5 Å². The first-order valence-electron chi connectivity index (χ1n) is 14.1. The Hall–Kier alpha value is -4.49. The molecule has 2 fully saturated rings. The zero-order valence-electron chi connectivity index (χ0n) is 23.4. The summed E-state index contributed by atoms with van der Waals surface area (Å²) in [6.07, 6.45) is 3.10. The number of hydrogen-bond donors (Lipinski definition) is 1. The highest BCUT2D eigenvalue weighted by atomic mass is 16.2. The van der Waals surface area contributed by atoms with Crippen molar-refractivity contribution in [2.45, 2.75) is 39.2 Å². The second kappa shape index (κ2) is 12.1. The minimum absolute atomic E-state index is 0.0678. The van der Waals surface area contributed by atoms with Crippen LogP contribution in [0.3, 0.4) is 0 Å². The number of nitrogens with zero attached hydrogens (tertiary/aromatic N) is 5. The summed E-state index contributed by atoms with van der Waals surface area (Å²) in [4.78, 5) is 20.2. The zero-order chi connectivity index (χ0) is 28.1. The van der Waals surface area contributed by atoms with E-state index in [2.05, 4.69) is 46.3 Å². The van der Waals surface area contributed by atoms with Gasteiger partial charge in [0.2, 0.25) is 0 Å². The highest BCUT2D eigenvalue weighted by molar-refractivity contribution is 5.97. The number of rotatable bonds is 5. The summed E-state index contributed by atoms with van der Waals surface area (Å²) >= 11 is 0. The molecule has 1 N–H and O–H groups in total. The number of benzene rings is 3. The van der Waals surface area contributed by atoms with Crippen LogP contribution >= 0.6 is 0 Å². The molecule has 2 heterocycles. The van der Waals surface area contributed by atoms with E-state index < -0.39 is 0 Å². The van der Waals surface area contributed by atoms with Gasteiger partial charge in [-0.15, -0.1) is 0 Å². The van der Waals surface area contributed by atoms with Crippen LogP contribution in [-0.4, -0.2) is 56.1 Å². The van der Waals surface area contributed by atoms with E-state index in [1.165, 1.54) is 0 Å². The molecule has 0 aromatic heterocycles. The third-order valence-corrected chi connectivity index (χ3v) is 8.16. The lowest BCUT2D eigenvalue weighted by atomic mass is 10.0. The molecule has 0 bridgehead atoms. The quantitative estimate of drug-likeness (QED) is 0.468. The van der Waals surface area contributed by atoms with Crippen molar-refractivity contribution in [1.29, 1.82) is 10.5 Å². The van der Waals surface area contributed by atoms with Crippen molar-refractivity contribution in [1.82, 2.24) is 4.90 Å². The van der Waals surface area contributed by atoms with Gasteiger partial charge in [0.25, 0.3) is 5.91 Å². The van der Waals surface area contributed by atoms with Crippen LogP contribution in [0.4, 0.5) is 17.1 Å². The van der Waals surface area contributed by atoms with Crippen LogP contribution < -0.4 is 15.1 Å². The van der Waals surface area contributed by atoms with Crippen LogP contribution in [0.25, 0.3) is 0 Å². The van der Waals surface area contributed by atoms with Crippen molar-refractivity contribution in [2.75, 3.05) is 54.4 Å². The van der Waals surface area contributed by atoms with E-state index in [4.69, 9.17) is 0 Å². The summed E-state index contributed by atoms with van der Waals surface area (Å²) in [5.74, 6) is 0.0678. The SMILES string of the molecule is Cc1cc(C)c(C(=O)N2CCN(c3ccccc3C#N)CC2)cc1NC1CCCN(c2cccc(C#N)c2)CC1. The van der Waals surface area contributed by atoms with Crippen molar-refractivity contribution in [3.63, 3.8) is 0 Å². The first-order valence-corrected chi connectivity index (χ1v) is 14.1. The van der Waals surface area contributed by atoms with Crippen LogP contribution in [0, 0.1) is 36.5 Å². The molecule has 5 rings (SSSR count). The van der Waals surface area contributed by atoms with Gasteiger partial charge in [-0.3, -0.25) is 4.79 Å². The summed E-state index contributed by atoms with van der Waals surface area (Å²) in [6.45, 7) is 8.66. The van der Waals surface area contributed by atoms with E-state index in [1.54, 1.807) is 0 Å². The molecule has 0 spiro atoms. The van der Waals surface area contributed by atoms with Crippen molar-refractivity contribution >= 4 is 23.0 Å². The lowest BCUT2D eigenvalue weighted by Gasteiger charge is -2.36. The topological polar surface area (TPSA) is 86.4 Å². The summed E-state index contributed by atoms with van der Waals surface area (Å²) < 4.78 is 0. The predicted molar refractivity (Wildman–Crippen MR) is 160 cm³/mol. The van der Waals surface area contributed by atoms with Crippen LogP contribution in [0.5, 0.6) is 0 Å². The molecule has 204 valence electrons. The van der Waals surface area contributed by atoms with Gasteiger partial charge in [0.15, 0.2) is 0 Å². The number of nitrogens with one attached hydrogen (secondary N) is 1. The Morgan fingerprint density at radius 1 is 0.825 bits per heavy atom. The minimum Gasteiger partial charge on any atom is -0.382 e. The molecule has 0 radical (unpaired) electrons. The normalized spacial score (nSPS) is 17.5.